The number of phenolic OH excluding ortho intramolecular Hbond substituents is 1. The van der Waals surface area contributed by atoms with Crippen LogP contribution in [0.5, 0.6) is 11.5 Å². The molecule has 0 aliphatic rings. The van der Waals surface area contributed by atoms with Gasteiger partial charge >= 0.3 is 5.97 Å². The molecule has 5 heteroatoms. The molecule has 0 aliphatic carbocycles. The maximum atomic E-state index is 14.8. The van der Waals surface area contributed by atoms with Gasteiger partial charge in [0.25, 0.3) is 0 Å². The Hall–Kier alpha value is -2.56. The summed E-state index contributed by atoms with van der Waals surface area (Å²) in [6.45, 7) is 7.33. The molecule has 0 bridgehead atoms. The lowest BCUT2D eigenvalue weighted by Crippen LogP contribution is -2.10. The van der Waals surface area contributed by atoms with Gasteiger partial charge < -0.3 is 14.9 Å². The number of carboxylic acids is 1. The van der Waals surface area contributed by atoms with Crippen LogP contribution in [-0.4, -0.2) is 22.8 Å². The number of phenols is 1. The van der Waals surface area contributed by atoms with Gasteiger partial charge in [-0.1, -0.05) is 39.8 Å². The van der Waals surface area contributed by atoms with E-state index < -0.39 is 12.6 Å². The third-order valence-electron chi connectivity index (χ3n) is 4.30. The Bertz CT molecular complexity index is 797. The van der Waals surface area contributed by atoms with Crippen LogP contribution in [0.2, 0.25) is 0 Å². The van der Waals surface area contributed by atoms with Gasteiger partial charge in [0.05, 0.1) is 0 Å². The summed E-state index contributed by atoms with van der Waals surface area (Å²) in [5.41, 5.74) is 2.77. The lowest BCUT2D eigenvalue weighted by atomic mass is 9.90. The van der Waals surface area contributed by atoms with Gasteiger partial charge in [-0.15, -0.1) is 0 Å². The van der Waals surface area contributed by atoms with Crippen molar-refractivity contribution in [2.24, 2.45) is 0 Å². The molecule has 4 nitrogen and oxygen atoms in total. The standard InChI is InChI=1S/C21H25FO4/c1-12(2)17-10-16(26-11-19(24)25)7-5-14(17)9-15-6-8-18(23)20(13(3)4)21(15)22/h5-8,10,12-13,23H,9,11H2,1-4H3,(H,24,25). The minimum atomic E-state index is -1.03. The highest BCUT2D eigenvalue weighted by molar-refractivity contribution is 5.68. The Labute approximate surface area is 153 Å². The van der Waals surface area contributed by atoms with Crippen LogP contribution in [0, 0.1) is 5.82 Å². The maximum Gasteiger partial charge on any atom is 0.341 e. The first-order valence-corrected chi connectivity index (χ1v) is 8.68. The molecular weight excluding hydrogens is 335 g/mol. The summed E-state index contributed by atoms with van der Waals surface area (Å²) < 4.78 is 20.1. The molecule has 0 atom stereocenters. The Balaban J connectivity index is 2.37. The molecule has 0 heterocycles. The lowest BCUT2D eigenvalue weighted by molar-refractivity contribution is -0.139. The predicted octanol–water partition coefficient (Wildman–Crippen LogP) is 4.83. The maximum absolute atomic E-state index is 14.8. The normalized spacial score (nSPS) is 11.2. The highest BCUT2D eigenvalue weighted by Gasteiger charge is 2.18. The minimum Gasteiger partial charge on any atom is -0.508 e. The fourth-order valence-corrected chi connectivity index (χ4v) is 3.03. The Kier molecular flexibility index (Phi) is 6.24. The first-order valence-electron chi connectivity index (χ1n) is 8.68. The van der Waals surface area contributed by atoms with Crippen LogP contribution >= 0.6 is 0 Å². The average molecular weight is 360 g/mol. The first-order chi connectivity index (χ1) is 12.2. The summed E-state index contributed by atoms with van der Waals surface area (Å²) in [5.74, 6) is -0.903. The first kappa shape index (κ1) is 19.8. The molecule has 0 radical (unpaired) electrons. The van der Waals surface area contributed by atoms with E-state index >= 15 is 0 Å². The number of benzene rings is 2. The summed E-state index contributed by atoms with van der Waals surface area (Å²) in [7, 11) is 0. The third-order valence-corrected chi connectivity index (χ3v) is 4.30. The third kappa shape index (κ3) is 4.54. The molecule has 0 aromatic heterocycles. The summed E-state index contributed by atoms with van der Waals surface area (Å²) in [6.07, 6.45) is 0.387. The van der Waals surface area contributed by atoms with Gasteiger partial charge in [-0.25, -0.2) is 9.18 Å². The van der Waals surface area contributed by atoms with Crippen LogP contribution < -0.4 is 4.74 Å². The van der Waals surface area contributed by atoms with Crippen molar-refractivity contribution in [1.82, 2.24) is 0 Å². The monoisotopic (exact) mass is 360 g/mol. The van der Waals surface area contributed by atoms with E-state index in [9.17, 15) is 14.3 Å². The zero-order valence-electron chi connectivity index (χ0n) is 15.5. The predicted molar refractivity (Wildman–Crippen MR) is 98.6 cm³/mol. The van der Waals surface area contributed by atoms with E-state index in [0.29, 0.717) is 23.3 Å². The lowest BCUT2D eigenvalue weighted by Gasteiger charge is -2.17. The number of rotatable bonds is 7. The van der Waals surface area contributed by atoms with Gasteiger partial charge in [-0.2, -0.15) is 0 Å². The topological polar surface area (TPSA) is 66.8 Å². The summed E-state index contributed by atoms with van der Waals surface area (Å²) in [5, 5.41) is 18.7. The van der Waals surface area contributed by atoms with Gasteiger partial charge in [-0.05, 0) is 46.7 Å². The largest absolute Gasteiger partial charge is 0.508 e. The Morgan fingerprint density at radius 1 is 1.08 bits per heavy atom. The summed E-state index contributed by atoms with van der Waals surface area (Å²) in [6, 6.07) is 8.49. The molecule has 0 saturated heterocycles. The van der Waals surface area contributed by atoms with Gasteiger partial charge in [0.2, 0.25) is 0 Å². The SMILES string of the molecule is CC(C)c1cc(OCC(=O)O)ccc1Cc1ccc(O)c(C(C)C)c1F. The number of carboxylic acid groups (broad SMARTS) is 1. The van der Waals surface area contributed by atoms with E-state index in [4.69, 9.17) is 9.84 Å². The zero-order chi connectivity index (χ0) is 19.4. The number of hydrogen-bond donors (Lipinski definition) is 2. The van der Waals surface area contributed by atoms with E-state index in [1.54, 1.807) is 12.1 Å². The van der Waals surface area contributed by atoms with E-state index in [0.717, 1.165) is 11.1 Å². The molecule has 0 spiro atoms. The van der Waals surface area contributed by atoms with Crippen molar-refractivity contribution >= 4 is 5.97 Å². The van der Waals surface area contributed by atoms with E-state index in [2.05, 4.69) is 0 Å². The van der Waals surface area contributed by atoms with Crippen LogP contribution in [-0.2, 0) is 11.2 Å². The fraction of sp³-hybridized carbons (Fsp3) is 0.381. The van der Waals surface area contributed by atoms with Gasteiger partial charge in [-0.3, -0.25) is 0 Å². The Morgan fingerprint density at radius 2 is 1.73 bits per heavy atom. The fourth-order valence-electron chi connectivity index (χ4n) is 3.03. The molecule has 2 N–H and O–H groups in total. The average Bonchev–Trinajstić information content (AvgIpc) is 2.55. The molecule has 2 rings (SSSR count). The van der Waals surface area contributed by atoms with Crippen LogP contribution in [0.4, 0.5) is 4.39 Å². The van der Waals surface area contributed by atoms with Crippen molar-refractivity contribution in [2.75, 3.05) is 6.61 Å². The van der Waals surface area contributed by atoms with Crippen molar-refractivity contribution in [3.8, 4) is 11.5 Å². The van der Waals surface area contributed by atoms with Crippen LogP contribution in [0.1, 0.15) is 61.8 Å². The number of aromatic hydroxyl groups is 1. The van der Waals surface area contributed by atoms with E-state index in [-0.39, 0.29) is 23.4 Å². The van der Waals surface area contributed by atoms with Crippen molar-refractivity contribution in [2.45, 2.75) is 46.0 Å². The van der Waals surface area contributed by atoms with Crippen molar-refractivity contribution in [3.05, 3.63) is 58.4 Å². The van der Waals surface area contributed by atoms with Crippen LogP contribution in [0.15, 0.2) is 30.3 Å². The van der Waals surface area contributed by atoms with Gasteiger partial charge in [0.1, 0.15) is 17.3 Å². The number of hydrogen-bond acceptors (Lipinski definition) is 3. The molecule has 0 unspecified atom stereocenters. The smallest absolute Gasteiger partial charge is 0.341 e. The number of halogens is 1. The second-order valence-corrected chi connectivity index (χ2v) is 7.00. The highest BCUT2D eigenvalue weighted by Crippen LogP contribution is 2.33. The molecule has 0 aliphatic heterocycles. The van der Waals surface area contributed by atoms with Crippen molar-refractivity contribution in [1.29, 1.82) is 0 Å². The zero-order valence-corrected chi connectivity index (χ0v) is 15.5. The number of aliphatic carboxylic acids is 1. The van der Waals surface area contributed by atoms with Crippen LogP contribution in [0.3, 0.4) is 0 Å². The van der Waals surface area contributed by atoms with Gasteiger partial charge in [0.15, 0.2) is 6.61 Å². The molecule has 0 saturated carbocycles. The van der Waals surface area contributed by atoms with E-state index in [1.165, 1.54) is 6.07 Å². The van der Waals surface area contributed by atoms with Crippen molar-refractivity contribution < 1.29 is 24.1 Å². The summed E-state index contributed by atoms with van der Waals surface area (Å²) in [4.78, 5) is 10.7. The molecular formula is C21H25FO4. The molecule has 0 fully saturated rings. The molecule has 140 valence electrons. The second-order valence-electron chi connectivity index (χ2n) is 7.00. The second kappa shape index (κ2) is 8.21. The molecule has 0 amide bonds. The molecule has 2 aromatic carbocycles. The number of carbonyl (C=O) groups is 1. The quantitative estimate of drug-likeness (QED) is 0.742. The highest BCUT2D eigenvalue weighted by atomic mass is 19.1. The molecule has 2 aromatic rings. The molecule has 26 heavy (non-hydrogen) atoms. The van der Waals surface area contributed by atoms with Gasteiger partial charge in [0, 0.05) is 12.0 Å². The van der Waals surface area contributed by atoms with Crippen LogP contribution in [0.25, 0.3) is 0 Å². The summed E-state index contributed by atoms with van der Waals surface area (Å²) >= 11 is 0. The minimum absolute atomic E-state index is 0.0252. The Morgan fingerprint density at radius 3 is 2.31 bits per heavy atom. The number of ether oxygens (including phenoxy) is 1. The van der Waals surface area contributed by atoms with Crippen molar-refractivity contribution in [3.63, 3.8) is 0 Å². The van der Waals surface area contributed by atoms with E-state index in [1.807, 2.05) is 39.8 Å².